The highest BCUT2D eigenvalue weighted by Crippen LogP contribution is 2.57. The van der Waals surface area contributed by atoms with E-state index in [1.165, 1.54) is 33.8 Å². The molecule has 1 aliphatic carbocycles. The number of nitrogens with zero attached hydrogens (tertiary/aromatic N) is 5. The van der Waals surface area contributed by atoms with Crippen LogP contribution >= 0.6 is 11.6 Å². The van der Waals surface area contributed by atoms with Crippen molar-refractivity contribution < 1.29 is 46.2 Å². The number of amides is 5. The first-order valence-corrected chi connectivity index (χ1v) is 27.7. The Kier molecular flexibility index (Phi) is 15.2. The van der Waals surface area contributed by atoms with Crippen molar-refractivity contribution >= 4 is 52.1 Å². The number of aromatic nitrogens is 2. The molecular weight excluding hydrogens is 1040 g/mol. The fourth-order valence-electron chi connectivity index (χ4n) is 13.0. The first kappa shape index (κ1) is 54.0. The van der Waals surface area contributed by atoms with Gasteiger partial charge in [0.1, 0.15) is 29.5 Å². The highest BCUT2D eigenvalue weighted by atomic mass is 35.5. The summed E-state index contributed by atoms with van der Waals surface area (Å²) in [4.78, 5) is 57.0. The van der Waals surface area contributed by atoms with Crippen LogP contribution in [0.25, 0.3) is 22.0 Å². The van der Waals surface area contributed by atoms with Crippen LogP contribution in [0.4, 0.5) is 28.2 Å². The number of carbonyl (C=O) groups excluding carboxylic acids is 4. The zero-order chi connectivity index (χ0) is 55.3. The number of aryl methyl sites for hydroxylation is 1. The summed E-state index contributed by atoms with van der Waals surface area (Å²) in [5, 5.41) is 10.2. The Morgan fingerprint density at radius 3 is 2.22 bits per heavy atom. The van der Waals surface area contributed by atoms with Crippen LogP contribution in [0.3, 0.4) is 0 Å². The van der Waals surface area contributed by atoms with Gasteiger partial charge in [0.25, 0.3) is 0 Å². The fraction of sp³-hybridized carbons (Fsp3) is 0.417. The average molecular weight is 1100 g/mol. The molecule has 4 aliphatic heterocycles. The van der Waals surface area contributed by atoms with Crippen LogP contribution in [0.5, 0.6) is 11.5 Å². The average Bonchev–Trinajstić information content (AvgIpc) is 3.92. The number of nitrogens with one attached hydrogen (secondary N) is 2. The van der Waals surface area contributed by atoms with Crippen molar-refractivity contribution in [2.45, 2.75) is 94.8 Å². The second-order valence-corrected chi connectivity index (χ2v) is 22.3. The van der Waals surface area contributed by atoms with Crippen LogP contribution in [0.1, 0.15) is 109 Å². The molecule has 1 aromatic heterocycles. The Hall–Kier alpha value is -7.02. The molecule has 14 nitrogen and oxygen atoms in total. The monoisotopic (exact) mass is 1100 g/mol. The van der Waals surface area contributed by atoms with Crippen LogP contribution in [-0.4, -0.2) is 95.2 Å². The lowest BCUT2D eigenvalue weighted by molar-refractivity contribution is -0.138. The fourth-order valence-corrected chi connectivity index (χ4v) is 13.2. The smallest absolute Gasteiger partial charge is 0.329 e. The second kappa shape index (κ2) is 22.3. The summed E-state index contributed by atoms with van der Waals surface area (Å²) in [6.45, 7) is 5.89. The SMILES string of the molecule is C[C@H]1c2c(cc(F)c(Cl)c2-c2c(C(N)=O)ccc(OCc3ccccc3)c2F)O[C@]1(CNC1CCC(C(=O)N2CCC(CN3CCC(c4c(F)cc5c(N6CCC(=O)NC6=O)nn(C)c5c4F)CC3)CC2)CC1)c1ccccc1. The standard InChI is InChI=1S/C60H63ClF4N8O6/c1-34-48-46(30-44(63)52(61)51(48)50-41(56(66)75)17-18-45(53(50)64)78-32-36-9-5-3-6-10-36)79-60(34,39-11-7-4-8-12-39)33-67-40-15-13-38(14-16-40)58(76)72-26-19-35(20-27-72)31-71-24-21-37(22-25-71)49-43(62)29-42-55(54(49)65)70(2)69-57(42)73-28-23-47(74)68-59(73)77/h3-12,17-18,29-30,34-35,37-38,40,67H,13-16,19-28,31-33H2,1-2H3,(H2,66,75)(H,68,74,77)/t34-,38?,40?,60-/m0/s1. The molecule has 5 amide bonds. The minimum Gasteiger partial charge on any atom is -0.486 e. The largest absolute Gasteiger partial charge is 0.486 e. The third-order valence-corrected chi connectivity index (χ3v) is 17.7. The molecule has 1 saturated carbocycles. The minimum absolute atomic E-state index is 0.0292. The molecule has 0 bridgehead atoms. The Bertz CT molecular complexity index is 3330. The van der Waals surface area contributed by atoms with Gasteiger partial charge in [0.2, 0.25) is 17.7 Å². The zero-order valence-corrected chi connectivity index (χ0v) is 44.9. The van der Waals surface area contributed by atoms with Gasteiger partial charge in [0, 0.05) is 92.4 Å². The van der Waals surface area contributed by atoms with E-state index in [1.807, 2.05) is 72.5 Å². The molecule has 5 heterocycles. The highest BCUT2D eigenvalue weighted by molar-refractivity contribution is 6.34. The van der Waals surface area contributed by atoms with E-state index in [0.717, 1.165) is 43.4 Å². The number of fused-ring (bicyclic) bond motifs is 2. The second-order valence-electron chi connectivity index (χ2n) is 21.9. The number of anilines is 1. The van der Waals surface area contributed by atoms with Gasteiger partial charge in [0.05, 0.1) is 16.0 Å². The van der Waals surface area contributed by atoms with E-state index in [-0.39, 0.29) is 105 Å². The predicted molar refractivity (Wildman–Crippen MR) is 291 cm³/mol. The molecule has 5 aromatic carbocycles. The molecule has 79 heavy (non-hydrogen) atoms. The lowest BCUT2D eigenvalue weighted by atomic mass is 9.77. The lowest BCUT2D eigenvalue weighted by Gasteiger charge is -2.40. The van der Waals surface area contributed by atoms with Gasteiger partial charge < -0.3 is 30.3 Å². The molecule has 2 atom stereocenters. The van der Waals surface area contributed by atoms with Crippen molar-refractivity contribution in [2.24, 2.45) is 24.6 Å². The van der Waals surface area contributed by atoms with Gasteiger partial charge in [-0.15, -0.1) is 0 Å². The minimum atomic E-state index is -1.12. The first-order valence-electron chi connectivity index (χ1n) is 27.4. The van der Waals surface area contributed by atoms with Crippen LogP contribution < -0.4 is 30.7 Å². The van der Waals surface area contributed by atoms with Crippen LogP contribution in [0.2, 0.25) is 5.02 Å². The Morgan fingerprint density at radius 2 is 1.53 bits per heavy atom. The number of ether oxygens (including phenoxy) is 2. The van der Waals surface area contributed by atoms with Crippen molar-refractivity contribution in [3.05, 3.63) is 141 Å². The number of hydrogen-bond acceptors (Lipinski definition) is 9. The molecule has 4 fully saturated rings. The maximum Gasteiger partial charge on any atom is 0.329 e. The summed E-state index contributed by atoms with van der Waals surface area (Å²) in [5.74, 6) is -4.75. The van der Waals surface area contributed by atoms with Crippen molar-refractivity contribution in [2.75, 3.05) is 50.7 Å². The van der Waals surface area contributed by atoms with Gasteiger partial charge in [-0.2, -0.15) is 5.10 Å². The highest BCUT2D eigenvalue weighted by Gasteiger charge is 2.50. The van der Waals surface area contributed by atoms with Crippen LogP contribution in [0, 0.1) is 35.1 Å². The number of benzene rings is 5. The molecule has 19 heteroatoms. The summed E-state index contributed by atoms with van der Waals surface area (Å²) in [6.07, 6.45) is 5.87. The van der Waals surface area contributed by atoms with E-state index in [9.17, 15) is 19.2 Å². The normalized spacial score (nSPS) is 22.2. The third kappa shape index (κ3) is 10.3. The number of likely N-dealkylation sites (tertiary alicyclic amines) is 2. The molecule has 0 unspecified atom stereocenters. The number of rotatable bonds is 14. The van der Waals surface area contributed by atoms with Crippen molar-refractivity contribution in [1.82, 2.24) is 30.2 Å². The summed E-state index contributed by atoms with van der Waals surface area (Å²) >= 11 is 6.82. The third-order valence-electron chi connectivity index (χ3n) is 17.3. The molecule has 4 N–H and O–H groups in total. The molecule has 6 aromatic rings. The quantitative estimate of drug-likeness (QED) is 0.0901. The molecule has 0 radical (unpaired) electrons. The van der Waals surface area contributed by atoms with Gasteiger partial charge in [-0.1, -0.05) is 79.2 Å². The predicted octanol–water partition coefficient (Wildman–Crippen LogP) is 10.2. The molecule has 5 aliphatic rings. The number of carbonyl (C=O) groups is 4. The molecule has 3 saturated heterocycles. The Morgan fingerprint density at radius 1 is 0.835 bits per heavy atom. The van der Waals surface area contributed by atoms with E-state index in [4.69, 9.17) is 26.8 Å². The number of halogens is 5. The van der Waals surface area contributed by atoms with E-state index in [2.05, 4.69) is 20.6 Å². The summed E-state index contributed by atoms with van der Waals surface area (Å²) in [5.41, 5.74) is 6.43. The molecule has 11 rings (SSSR count). The number of imide groups is 1. The maximum atomic E-state index is 16.9. The maximum absolute atomic E-state index is 16.9. The number of nitrogens with two attached hydrogens (primary N) is 1. The summed E-state index contributed by atoms with van der Waals surface area (Å²) in [6, 6.07) is 23.3. The molecular formula is C60H63ClF4N8O6. The summed E-state index contributed by atoms with van der Waals surface area (Å²) < 4.78 is 79.3. The van der Waals surface area contributed by atoms with Gasteiger partial charge in [-0.05, 0) is 106 Å². The van der Waals surface area contributed by atoms with Crippen molar-refractivity contribution in [3.8, 4) is 22.6 Å². The molecule has 0 spiro atoms. The number of hydrogen-bond donors (Lipinski definition) is 3. The van der Waals surface area contributed by atoms with E-state index < -0.39 is 52.6 Å². The lowest BCUT2D eigenvalue weighted by Crippen LogP contribution is -2.49. The van der Waals surface area contributed by atoms with Crippen molar-refractivity contribution in [1.29, 1.82) is 0 Å². The number of piperidine rings is 2. The van der Waals surface area contributed by atoms with Gasteiger partial charge in [-0.3, -0.25) is 29.3 Å². The summed E-state index contributed by atoms with van der Waals surface area (Å²) in [7, 11) is 1.56. The van der Waals surface area contributed by atoms with Crippen LogP contribution in [-0.2, 0) is 28.8 Å². The number of urea groups is 1. The van der Waals surface area contributed by atoms with Gasteiger partial charge in [0.15, 0.2) is 28.8 Å². The van der Waals surface area contributed by atoms with E-state index in [1.54, 1.807) is 7.05 Å². The van der Waals surface area contributed by atoms with Gasteiger partial charge >= 0.3 is 6.03 Å². The molecule has 414 valence electrons. The number of primary amides is 1. The zero-order valence-electron chi connectivity index (χ0n) is 44.1. The van der Waals surface area contributed by atoms with E-state index in [0.29, 0.717) is 63.3 Å². The Labute approximate surface area is 460 Å². The van der Waals surface area contributed by atoms with Crippen LogP contribution in [0.15, 0.2) is 84.9 Å². The van der Waals surface area contributed by atoms with Crippen molar-refractivity contribution in [3.63, 3.8) is 0 Å². The Balaban J connectivity index is 0.700. The topological polar surface area (TPSA) is 164 Å². The van der Waals surface area contributed by atoms with Gasteiger partial charge in [-0.25, -0.2) is 22.4 Å². The first-order chi connectivity index (χ1) is 38.1. The van der Waals surface area contributed by atoms with E-state index >= 15 is 17.6 Å².